The van der Waals surface area contributed by atoms with Crippen LogP contribution in [0, 0.1) is 6.92 Å². The van der Waals surface area contributed by atoms with E-state index < -0.39 is 0 Å². The van der Waals surface area contributed by atoms with Crippen LogP contribution in [0.25, 0.3) is 0 Å². The van der Waals surface area contributed by atoms with Crippen LogP contribution in [0.2, 0.25) is 0 Å². The van der Waals surface area contributed by atoms with Crippen molar-refractivity contribution in [3.05, 3.63) is 34.3 Å². The van der Waals surface area contributed by atoms with E-state index in [1.165, 1.54) is 7.11 Å². The number of aryl methyl sites for hydroxylation is 1. The maximum absolute atomic E-state index is 12.3. The molecule has 0 aliphatic carbocycles. The highest BCUT2D eigenvalue weighted by Gasteiger charge is 2.19. The summed E-state index contributed by atoms with van der Waals surface area (Å²) in [5, 5.41) is 3.83. The molecule has 5 nitrogen and oxygen atoms in total. The molecule has 0 radical (unpaired) electrons. The van der Waals surface area contributed by atoms with Crippen molar-refractivity contribution in [3.8, 4) is 11.5 Å². The predicted molar refractivity (Wildman–Crippen MR) is 67.6 cm³/mol. The molecule has 1 heterocycles. The molecule has 0 aliphatic rings. The summed E-state index contributed by atoms with van der Waals surface area (Å²) in [4.78, 5) is 12.8. The number of ketones is 1. The van der Waals surface area contributed by atoms with Crippen LogP contribution in [-0.4, -0.2) is 29.6 Å². The summed E-state index contributed by atoms with van der Waals surface area (Å²) in [5.74, 6) is 0.983. The number of hydrogen-bond donors (Lipinski definition) is 0. The van der Waals surface area contributed by atoms with Gasteiger partial charge in [-0.25, -0.2) is 0 Å². The number of carbonyl (C=O) groups is 1. The zero-order valence-electron chi connectivity index (χ0n) is 10.3. The summed E-state index contributed by atoms with van der Waals surface area (Å²) in [7, 11) is 3.08. The van der Waals surface area contributed by atoms with Crippen LogP contribution in [0.5, 0.6) is 11.5 Å². The smallest absolute Gasteiger partial charge is 0.210 e. The van der Waals surface area contributed by atoms with Gasteiger partial charge in [-0.15, -0.1) is 5.10 Å². The van der Waals surface area contributed by atoms with Crippen LogP contribution >= 0.6 is 11.5 Å². The first-order valence-corrected chi connectivity index (χ1v) is 6.00. The van der Waals surface area contributed by atoms with Gasteiger partial charge in [-0.05, 0) is 30.6 Å². The zero-order chi connectivity index (χ0) is 13.1. The third-order valence-electron chi connectivity index (χ3n) is 2.51. The minimum Gasteiger partial charge on any atom is -0.497 e. The summed E-state index contributed by atoms with van der Waals surface area (Å²) in [5.41, 5.74) is 1.11. The molecule has 0 aliphatic heterocycles. The summed E-state index contributed by atoms with van der Waals surface area (Å²) in [6.07, 6.45) is 0. The van der Waals surface area contributed by atoms with Gasteiger partial charge in [0.15, 0.2) is 0 Å². The number of ether oxygens (including phenoxy) is 2. The van der Waals surface area contributed by atoms with Crippen molar-refractivity contribution in [2.24, 2.45) is 0 Å². The topological polar surface area (TPSA) is 61.3 Å². The normalized spacial score (nSPS) is 10.2. The fourth-order valence-corrected chi connectivity index (χ4v) is 2.16. The van der Waals surface area contributed by atoms with Gasteiger partial charge in [0.1, 0.15) is 16.4 Å². The van der Waals surface area contributed by atoms with Gasteiger partial charge in [0.2, 0.25) is 5.78 Å². The van der Waals surface area contributed by atoms with E-state index in [0.29, 0.717) is 27.6 Å². The molecule has 0 bridgehead atoms. The lowest BCUT2D eigenvalue weighted by atomic mass is 10.1. The SMILES string of the molecule is COc1ccc(C(=O)c2snnc2C)c(OC)c1. The average Bonchev–Trinajstić information content (AvgIpc) is 2.83. The molecule has 0 saturated heterocycles. The van der Waals surface area contributed by atoms with E-state index in [-0.39, 0.29) is 5.78 Å². The van der Waals surface area contributed by atoms with Crippen LogP contribution < -0.4 is 9.47 Å². The lowest BCUT2D eigenvalue weighted by Crippen LogP contribution is -2.04. The minimum absolute atomic E-state index is 0.137. The first-order valence-electron chi connectivity index (χ1n) is 5.23. The number of nitrogens with zero attached hydrogens (tertiary/aromatic N) is 2. The summed E-state index contributed by atoms with van der Waals surface area (Å²) < 4.78 is 14.1. The quantitative estimate of drug-likeness (QED) is 0.791. The molecular weight excluding hydrogens is 252 g/mol. The molecule has 94 valence electrons. The van der Waals surface area contributed by atoms with Gasteiger partial charge in [-0.1, -0.05) is 4.49 Å². The number of carbonyl (C=O) groups excluding carboxylic acids is 1. The highest BCUT2D eigenvalue weighted by molar-refractivity contribution is 7.08. The molecule has 1 aromatic heterocycles. The number of benzene rings is 1. The monoisotopic (exact) mass is 264 g/mol. The Morgan fingerprint density at radius 2 is 2.06 bits per heavy atom. The van der Waals surface area contributed by atoms with Crippen molar-refractivity contribution in [1.82, 2.24) is 9.59 Å². The van der Waals surface area contributed by atoms with Crippen molar-refractivity contribution >= 4 is 17.3 Å². The van der Waals surface area contributed by atoms with Gasteiger partial charge in [-0.3, -0.25) is 4.79 Å². The molecule has 6 heteroatoms. The Kier molecular flexibility index (Phi) is 3.57. The molecule has 2 aromatic rings. The van der Waals surface area contributed by atoms with Crippen LogP contribution in [0.3, 0.4) is 0 Å². The van der Waals surface area contributed by atoms with Gasteiger partial charge in [0.05, 0.1) is 25.5 Å². The van der Waals surface area contributed by atoms with E-state index in [9.17, 15) is 4.79 Å². The molecular formula is C12H12N2O3S. The molecule has 0 unspecified atom stereocenters. The Balaban J connectivity index is 2.45. The van der Waals surface area contributed by atoms with Crippen LogP contribution in [-0.2, 0) is 0 Å². The van der Waals surface area contributed by atoms with Gasteiger partial charge >= 0.3 is 0 Å². The number of hydrogen-bond acceptors (Lipinski definition) is 6. The predicted octanol–water partition coefficient (Wildman–Crippen LogP) is 2.09. The summed E-state index contributed by atoms with van der Waals surface area (Å²) >= 11 is 1.08. The van der Waals surface area contributed by atoms with Gasteiger partial charge in [0.25, 0.3) is 0 Å². The van der Waals surface area contributed by atoms with Crippen molar-refractivity contribution in [1.29, 1.82) is 0 Å². The van der Waals surface area contributed by atoms with E-state index in [2.05, 4.69) is 9.59 Å². The number of methoxy groups -OCH3 is 2. The Bertz CT molecular complexity index is 580. The Morgan fingerprint density at radius 1 is 1.28 bits per heavy atom. The standard InChI is InChI=1S/C12H12N2O3S/c1-7-12(18-14-13-7)11(15)9-5-4-8(16-2)6-10(9)17-3/h4-6H,1-3H3. The lowest BCUT2D eigenvalue weighted by Gasteiger charge is -2.08. The first kappa shape index (κ1) is 12.5. The van der Waals surface area contributed by atoms with Crippen molar-refractivity contribution < 1.29 is 14.3 Å². The highest BCUT2D eigenvalue weighted by atomic mass is 32.1. The third kappa shape index (κ3) is 2.19. The Morgan fingerprint density at radius 3 is 2.61 bits per heavy atom. The van der Waals surface area contributed by atoms with E-state index in [1.54, 1.807) is 32.2 Å². The Labute approximate surface area is 109 Å². The third-order valence-corrected chi connectivity index (χ3v) is 3.34. The minimum atomic E-state index is -0.137. The molecule has 2 rings (SSSR count). The molecule has 0 fully saturated rings. The molecule has 0 spiro atoms. The maximum atomic E-state index is 12.3. The van der Waals surface area contributed by atoms with Gasteiger partial charge in [0, 0.05) is 6.07 Å². The molecule has 18 heavy (non-hydrogen) atoms. The van der Waals surface area contributed by atoms with E-state index >= 15 is 0 Å². The molecule has 0 saturated carbocycles. The van der Waals surface area contributed by atoms with Gasteiger partial charge in [-0.2, -0.15) is 0 Å². The van der Waals surface area contributed by atoms with Gasteiger partial charge < -0.3 is 9.47 Å². The van der Waals surface area contributed by atoms with Crippen molar-refractivity contribution in [2.75, 3.05) is 14.2 Å². The summed E-state index contributed by atoms with van der Waals surface area (Å²) in [6, 6.07) is 5.08. The van der Waals surface area contributed by atoms with Crippen LogP contribution in [0.1, 0.15) is 20.9 Å². The fourth-order valence-electron chi connectivity index (χ4n) is 1.55. The second kappa shape index (κ2) is 5.14. The average molecular weight is 264 g/mol. The zero-order valence-corrected chi connectivity index (χ0v) is 11.1. The van der Waals surface area contributed by atoms with E-state index in [0.717, 1.165) is 11.5 Å². The highest BCUT2D eigenvalue weighted by Crippen LogP contribution is 2.27. The van der Waals surface area contributed by atoms with Crippen LogP contribution in [0.4, 0.5) is 0 Å². The molecule has 0 amide bonds. The molecule has 0 N–H and O–H groups in total. The number of rotatable bonds is 4. The largest absolute Gasteiger partial charge is 0.497 e. The molecule has 0 atom stereocenters. The summed E-state index contributed by atoms with van der Waals surface area (Å²) in [6.45, 7) is 1.76. The second-order valence-corrected chi connectivity index (χ2v) is 4.34. The van der Waals surface area contributed by atoms with Crippen molar-refractivity contribution in [3.63, 3.8) is 0 Å². The Hall–Kier alpha value is -1.95. The first-order chi connectivity index (χ1) is 8.67. The fraction of sp³-hybridized carbons (Fsp3) is 0.250. The van der Waals surface area contributed by atoms with E-state index in [1.807, 2.05) is 0 Å². The van der Waals surface area contributed by atoms with Crippen LogP contribution in [0.15, 0.2) is 18.2 Å². The molecule has 1 aromatic carbocycles. The maximum Gasteiger partial charge on any atom is 0.210 e. The van der Waals surface area contributed by atoms with E-state index in [4.69, 9.17) is 9.47 Å². The second-order valence-electron chi connectivity index (χ2n) is 3.58. The number of aromatic nitrogens is 2. The lowest BCUT2D eigenvalue weighted by molar-refractivity contribution is 0.103. The van der Waals surface area contributed by atoms with Crippen molar-refractivity contribution in [2.45, 2.75) is 6.92 Å².